The van der Waals surface area contributed by atoms with Crippen LogP contribution >= 0.6 is 23.2 Å². The standard InChI is InChI=1S/C20H11Cl2FN2/c21-14-5-1-12(2-6-14)19-20(13-3-7-15(22)8-4-13)25-18-11-16(23)9-10-17(18)24-19/h1-11H. The summed E-state index contributed by atoms with van der Waals surface area (Å²) in [5.74, 6) is -0.344. The van der Waals surface area contributed by atoms with Gasteiger partial charge in [-0.2, -0.15) is 0 Å². The first-order chi connectivity index (χ1) is 12.1. The fourth-order valence-corrected chi connectivity index (χ4v) is 2.90. The smallest absolute Gasteiger partial charge is 0.125 e. The van der Waals surface area contributed by atoms with Gasteiger partial charge in [-0.3, -0.25) is 0 Å². The van der Waals surface area contributed by atoms with Crippen LogP contribution in [0.1, 0.15) is 0 Å². The molecule has 1 aromatic heterocycles. The Balaban J connectivity index is 2.01. The molecule has 122 valence electrons. The highest BCUT2D eigenvalue weighted by atomic mass is 35.5. The lowest BCUT2D eigenvalue weighted by atomic mass is 10.0. The molecule has 0 radical (unpaired) electrons. The van der Waals surface area contributed by atoms with Crippen molar-refractivity contribution in [1.29, 1.82) is 0 Å². The van der Waals surface area contributed by atoms with Crippen molar-refractivity contribution in [3.63, 3.8) is 0 Å². The van der Waals surface area contributed by atoms with Gasteiger partial charge >= 0.3 is 0 Å². The van der Waals surface area contributed by atoms with Crippen molar-refractivity contribution in [2.24, 2.45) is 0 Å². The molecule has 0 atom stereocenters. The number of hydrogen-bond donors (Lipinski definition) is 0. The van der Waals surface area contributed by atoms with E-state index in [1.165, 1.54) is 12.1 Å². The van der Waals surface area contributed by atoms with Crippen LogP contribution in [-0.4, -0.2) is 9.97 Å². The summed E-state index contributed by atoms with van der Waals surface area (Å²) in [6.45, 7) is 0. The van der Waals surface area contributed by atoms with Gasteiger partial charge in [-0.15, -0.1) is 0 Å². The average Bonchev–Trinajstić information content (AvgIpc) is 2.62. The van der Waals surface area contributed by atoms with Gasteiger partial charge in [-0.1, -0.05) is 47.5 Å². The number of fused-ring (bicyclic) bond motifs is 1. The van der Waals surface area contributed by atoms with Gasteiger partial charge in [0.15, 0.2) is 0 Å². The van der Waals surface area contributed by atoms with Gasteiger partial charge in [-0.05, 0) is 36.4 Å². The molecule has 0 unspecified atom stereocenters. The largest absolute Gasteiger partial charge is 0.244 e. The Hall–Kier alpha value is -2.49. The zero-order valence-corrected chi connectivity index (χ0v) is 14.4. The second-order valence-corrected chi connectivity index (χ2v) is 6.44. The molecule has 0 fully saturated rings. The van der Waals surface area contributed by atoms with E-state index in [1.54, 1.807) is 30.3 Å². The quantitative estimate of drug-likeness (QED) is 0.408. The highest BCUT2D eigenvalue weighted by Gasteiger charge is 2.13. The van der Waals surface area contributed by atoms with Crippen molar-refractivity contribution in [3.05, 3.63) is 82.6 Å². The van der Waals surface area contributed by atoms with E-state index >= 15 is 0 Å². The Morgan fingerprint density at radius 3 is 1.60 bits per heavy atom. The average molecular weight is 369 g/mol. The molecule has 0 saturated carbocycles. The lowest BCUT2D eigenvalue weighted by molar-refractivity contribution is 0.629. The van der Waals surface area contributed by atoms with Crippen molar-refractivity contribution in [2.75, 3.05) is 0 Å². The Morgan fingerprint density at radius 1 is 0.600 bits per heavy atom. The minimum atomic E-state index is -0.344. The van der Waals surface area contributed by atoms with Crippen molar-refractivity contribution in [3.8, 4) is 22.5 Å². The van der Waals surface area contributed by atoms with Gasteiger partial charge in [0.1, 0.15) is 5.82 Å². The van der Waals surface area contributed by atoms with Gasteiger partial charge in [0.2, 0.25) is 0 Å². The van der Waals surface area contributed by atoms with Gasteiger partial charge in [-0.25, -0.2) is 14.4 Å². The Morgan fingerprint density at radius 2 is 1.08 bits per heavy atom. The molecule has 0 aliphatic rings. The molecule has 1 heterocycles. The lowest BCUT2D eigenvalue weighted by Crippen LogP contribution is -1.96. The van der Waals surface area contributed by atoms with E-state index in [0.29, 0.717) is 32.5 Å². The molecular formula is C20H11Cl2FN2. The molecule has 0 N–H and O–H groups in total. The van der Waals surface area contributed by atoms with E-state index in [4.69, 9.17) is 28.2 Å². The van der Waals surface area contributed by atoms with Crippen LogP contribution in [0.3, 0.4) is 0 Å². The first-order valence-corrected chi connectivity index (χ1v) is 8.35. The van der Waals surface area contributed by atoms with E-state index < -0.39 is 0 Å². The SMILES string of the molecule is Fc1ccc2nc(-c3ccc(Cl)cc3)c(-c3ccc(Cl)cc3)nc2c1. The summed E-state index contributed by atoms with van der Waals surface area (Å²) >= 11 is 12.0. The topological polar surface area (TPSA) is 25.8 Å². The third-order valence-electron chi connectivity index (χ3n) is 3.86. The monoisotopic (exact) mass is 368 g/mol. The fraction of sp³-hybridized carbons (Fsp3) is 0. The molecule has 4 aromatic rings. The van der Waals surface area contributed by atoms with E-state index in [2.05, 4.69) is 4.98 Å². The van der Waals surface area contributed by atoms with Crippen LogP contribution in [0.4, 0.5) is 4.39 Å². The van der Waals surface area contributed by atoms with Crippen molar-refractivity contribution in [2.45, 2.75) is 0 Å². The molecule has 5 heteroatoms. The van der Waals surface area contributed by atoms with Crippen LogP contribution in [0.25, 0.3) is 33.5 Å². The first kappa shape index (κ1) is 16.0. The normalized spacial score (nSPS) is 11.0. The van der Waals surface area contributed by atoms with E-state index in [0.717, 1.165) is 11.1 Å². The van der Waals surface area contributed by atoms with Crippen LogP contribution in [0.5, 0.6) is 0 Å². The van der Waals surface area contributed by atoms with E-state index in [1.807, 2.05) is 24.3 Å². The Kier molecular flexibility index (Phi) is 4.12. The molecule has 0 amide bonds. The number of rotatable bonds is 2. The number of aromatic nitrogens is 2. The molecule has 0 bridgehead atoms. The highest BCUT2D eigenvalue weighted by Crippen LogP contribution is 2.32. The van der Waals surface area contributed by atoms with E-state index in [-0.39, 0.29) is 5.82 Å². The molecule has 0 saturated heterocycles. The van der Waals surface area contributed by atoms with Gasteiger partial charge in [0.25, 0.3) is 0 Å². The maximum Gasteiger partial charge on any atom is 0.125 e. The molecule has 3 aromatic carbocycles. The summed E-state index contributed by atoms with van der Waals surface area (Å²) in [4.78, 5) is 9.37. The second kappa shape index (κ2) is 6.43. The van der Waals surface area contributed by atoms with Crippen LogP contribution in [-0.2, 0) is 0 Å². The van der Waals surface area contributed by atoms with Gasteiger partial charge in [0, 0.05) is 27.2 Å². The molecule has 25 heavy (non-hydrogen) atoms. The summed E-state index contributed by atoms with van der Waals surface area (Å²) in [5.41, 5.74) is 4.24. The highest BCUT2D eigenvalue weighted by molar-refractivity contribution is 6.31. The zero-order chi connectivity index (χ0) is 17.4. The summed E-state index contributed by atoms with van der Waals surface area (Å²) in [7, 11) is 0. The minimum absolute atomic E-state index is 0.344. The van der Waals surface area contributed by atoms with Crippen LogP contribution in [0.15, 0.2) is 66.7 Å². The third kappa shape index (κ3) is 3.21. The maximum atomic E-state index is 13.6. The first-order valence-electron chi connectivity index (χ1n) is 7.59. The molecule has 0 aliphatic carbocycles. The maximum absolute atomic E-state index is 13.6. The van der Waals surface area contributed by atoms with Crippen LogP contribution in [0.2, 0.25) is 10.0 Å². The fourth-order valence-electron chi connectivity index (χ4n) is 2.65. The number of hydrogen-bond acceptors (Lipinski definition) is 2. The number of halogens is 3. The number of nitrogens with zero attached hydrogens (tertiary/aromatic N) is 2. The lowest BCUT2D eigenvalue weighted by Gasteiger charge is -2.11. The predicted octanol–water partition coefficient (Wildman–Crippen LogP) is 6.41. The van der Waals surface area contributed by atoms with Crippen molar-refractivity contribution in [1.82, 2.24) is 9.97 Å². The number of benzene rings is 3. The summed E-state index contributed by atoms with van der Waals surface area (Å²) < 4.78 is 13.6. The molecular weight excluding hydrogens is 358 g/mol. The summed E-state index contributed by atoms with van der Waals surface area (Å²) in [6.07, 6.45) is 0. The van der Waals surface area contributed by atoms with E-state index in [9.17, 15) is 4.39 Å². The Labute approximate surface area is 153 Å². The molecule has 2 nitrogen and oxygen atoms in total. The van der Waals surface area contributed by atoms with Crippen LogP contribution in [0, 0.1) is 5.82 Å². The molecule has 4 rings (SSSR count). The molecule has 0 spiro atoms. The van der Waals surface area contributed by atoms with Crippen molar-refractivity contribution < 1.29 is 4.39 Å². The van der Waals surface area contributed by atoms with Gasteiger partial charge < -0.3 is 0 Å². The second-order valence-electron chi connectivity index (χ2n) is 5.57. The third-order valence-corrected chi connectivity index (χ3v) is 4.37. The summed E-state index contributed by atoms with van der Waals surface area (Å²) in [5, 5.41) is 1.28. The van der Waals surface area contributed by atoms with Gasteiger partial charge in [0.05, 0.1) is 22.4 Å². The molecule has 0 aliphatic heterocycles. The summed E-state index contributed by atoms with van der Waals surface area (Å²) in [6, 6.07) is 19.1. The minimum Gasteiger partial charge on any atom is -0.244 e. The predicted molar refractivity (Wildman–Crippen MR) is 100 cm³/mol. The van der Waals surface area contributed by atoms with Crippen molar-refractivity contribution >= 4 is 34.2 Å². The zero-order valence-electron chi connectivity index (χ0n) is 12.9. The Bertz CT molecular complexity index is 1060. The van der Waals surface area contributed by atoms with Crippen LogP contribution < -0.4 is 0 Å².